The predicted octanol–water partition coefficient (Wildman–Crippen LogP) is 3.65. The quantitative estimate of drug-likeness (QED) is 0.605. The SMILES string of the molecule is COC(=O)C1=C(C)N(c2cccc(C(F)(F)F)c2)c2n[nH]c(=O)n2[C@@H]1c1ccc(C#N)cc1. The molecule has 0 radical (unpaired) electrons. The van der Waals surface area contributed by atoms with Crippen molar-refractivity contribution in [1.29, 1.82) is 5.26 Å². The number of nitriles is 1. The molecule has 1 aromatic heterocycles. The van der Waals surface area contributed by atoms with Crippen molar-refractivity contribution in [2.75, 3.05) is 12.0 Å². The molecule has 1 aliphatic rings. The Morgan fingerprint density at radius 3 is 2.52 bits per heavy atom. The summed E-state index contributed by atoms with van der Waals surface area (Å²) < 4.78 is 46.1. The number of ether oxygens (including phenoxy) is 1. The summed E-state index contributed by atoms with van der Waals surface area (Å²) in [5.74, 6) is -0.767. The minimum absolute atomic E-state index is 0.00108. The Morgan fingerprint density at radius 2 is 1.91 bits per heavy atom. The number of aromatic amines is 1. The van der Waals surface area contributed by atoms with Crippen LogP contribution in [0.5, 0.6) is 0 Å². The molecule has 0 saturated heterocycles. The van der Waals surface area contributed by atoms with Gasteiger partial charge in [0.2, 0.25) is 5.95 Å². The highest BCUT2D eigenvalue weighted by molar-refractivity contribution is 5.93. The number of methoxy groups -OCH3 is 1. The van der Waals surface area contributed by atoms with Gasteiger partial charge in [0.25, 0.3) is 0 Å². The molecule has 0 spiro atoms. The number of hydrogen-bond donors (Lipinski definition) is 1. The van der Waals surface area contributed by atoms with Crippen molar-refractivity contribution in [2.45, 2.75) is 19.1 Å². The van der Waals surface area contributed by atoms with Crippen molar-refractivity contribution in [3.05, 3.63) is 87.0 Å². The van der Waals surface area contributed by atoms with Crippen molar-refractivity contribution < 1.29 is 22.7 Å². The molecule has 0 fully saturated rings. The number of nitrogens with one attached hydrogen (secondary N) is 1. The van der Waals surface area contributed by atoms with Gasteiger partial charge in [0.1, 0.15) is 6.04 Å². The smallest absolute Gasteiger partial charge is 0.416 e. The van der Waals surface area contributed by atoms with Gasteiger partial charge in [0, 0.05) is 11.4 Å². The van der Waals surface area contributed by atoms with Gasteiger partial charge in [-0.25, -0.2) is 19.3 Å². The Labute approximate surface area is 185 Å². The van der Waals surface area contributed by atoms with Gasteiger partial charge >= 0.3 is 17.8 Å². The number of anilines is 2. The molecule has 0 saturated carbocycles. The van der Waals surface area contributed by atoms with Crippen molar-refractivity contribution >= 4 is 17.6 Å². The lowest BCUT2D eigenvalue weighted by molar-refractivity contribution is -0.138. The number of allylic oxidation sites excluding steroid dienone is 1. The van der Waals surface area contributed by atoms with Gasteiger partial charge in [0.15, 0.2) is 0 Å². The minimum Gasteiger partial charge on any atom is -0.466 e. The van der Waals surface area contributed by atoms with E-state index in [-0.39, 0.29) is 22.9 Å². The molecule has 0 aliphatic carbocycles. The molecule has 0 amide bonds. The van der Waals surface area contributed by atoms with Crippen LogP contribution in [0, 0.1) is 11.3 Å². The fourth-order valence-electron chi connectivity index (χ4n) is 3.84. The van der Waals surface area contributed by atoms with Crippen LogP contribution >= 0.6 is 0 Å². The molecule has 3 aromatic rings. The number of H-pyrrole nitrogens is 1. The van der Waals surface area contributed by atoms with Crippen LogP contribution in [0.3, 0.4) is 0 Å². The van der Waals surface area contributed by atoms with E-state index in [1.54, 1.807) is 12.1 Å². The third-order valence-electron chi connectivity index (χ3n) is 5.34. The standard InChI is InChI=1S/C22H16F3N5O3/c1-12-17(19(31)33-2)18(14-8-6-13(11-26)7-9-14)30-20(27-28-21(30)32)29(12)16-5-3-4-15(10-16)22(23,24)25/h3-10,18H,1-2H3,(H,28,32)/t18-/m1/s1. The molecular weight excluding hydrogens is 439 g/mol. The second kappa shape index (κ2) is 7.98. The Bertz CT molecular complexity index is 1360. The topological polar surface area (TPSA) is 104 Å². The van der Waals surface area contributed by atoms with Crippen LogP contribution in [0.1, 0.15) is 29.7 Å². The molecule has 0 bridgehead atoms. The number of esters is 1. The summed E-state index contributed by atoms with van der Waals surface area (Å²) in [6.07, 6.45) is -4.59. The number of halogens is 3. The average molecular weight is 455 g/mol. The average Bonchev–Trinajstić information content (AvgIpc) is 3.18. The highest BCUT2D eigenvalue weighted by Crippen LogP contribution is 2.42. The molecular formula is C22H16F3N5O3. The van der Waals surface area contributed by atoms with Crippen molar-refractivity contribution in [2.24, 2.45) is 0 Å². The number of benzene rings is 2. The zero-order valence-corrected chi connectivity index (χ0v) is 17.3. The van der Waals surface area contributed by atoms with Crippen molar-refractivity contribution in [3.63, 3.8) is 0 Å². The summed E-state index contributed by atoms with van der Waals surface area (Å²) in [6.45, 7) is 1.53. The largest absolute Gasteiger partial charge is 0.466 e. The predicted molar refractivity (Wildman–Crippen MR) is 110 cm³/mol. The number of nitrogens with zero attached hydrogens (tertiary/aromatic N) is 4. The molecule has 168 valence electrons. The lowest BCUT2D eigenvalue weighted by Gasteiger charge is -2.35. The number of fused-ring (bicyclic) bond motifs is 1. The van der Waals surface area contributed by atoms with E-state index < -0.39 is 29.4 Å². The zero-order chi connectivity index (χ0) is 23.9. The minimum atomic E-state index is -4.59. The normalized spacial score (nSPS) is 15.8. The lowest BCUT2D eigenvalue weighted by atomic mass is 9.94. The number of rotatable bonds is 3. The molecule has 2 heterocycles. The number of hydrogen-bond acceptors (Lipinski definition) is 6. The molecule has 33 heavy (non-hydrogen) atoms. The second-order valence-corrected chi connectivity index (χ2v) is 7.21. The van der Waals surface area contributed by atoms with Crippen LogP contribution in [0.25, 0.3) is 0 Å². The molecule has 1 N–H and O–H groups in total. The van der Waals surface area contributed by atoms with Gasteiger partial charge in [-0.15, -0.1) is 5.10 Å². The van der Waals surface area contributed by atoms with Crippen LogP contribution < -0.4 is 10.6 Å². The number of carbonyl (C=O) groups excluding carboxylic acids is 1. The summed E-state index contributed by atoms with van der Waals surface area (Å²) >= 11 is 0. The first kappa shape index (κ1) is 21.9. The van der Waals surface area contributed by atoms with E-state index in [0.717, 1.165) is 12.1 Å². The molecule has 1 aliphatic heterocycles. The van der Waals surface area contributed by atoms with E-state index in [2.05, 4.69) is 10.2 Å². The zero-order valence-electron chi connectivity index (χ0n) is 17.3. The summed E-state index contributed by atoms with van der Waals surface area (Å²) in [4.78, 5) is 26.9. The highest BCUT2D eigenvalue weighted by atomic mass is 19.4. The Morgan fingerprint density at radius 1 is 1.21 bits per heavy atom. The third kappa shape index (κ3) is 3.65. The number of carbonyl (C=O) groups is 1. The van der Waals surface area contributed by atoms with Gasteiger partial charge in [-0.3, -0.25) is 4.90 Å². The number of aromatic nitrogens is 3. The maximum atomic E-state index is 13.3. The fourth-order valence-corrected chi connectivity index (χ4v) is 3.84. The van der Waals surface area contributed by atoms with E-state index in [1.807, 2.05) is 6.07 Å². The second-order valence-electron chi connectivity index (χ2n) is 7.21. The van der Waals surface area contributed by atoms with E-state index in [1.165, 1.54) is 47.8 Å². The highest BCUT2D eigenvalue weighted by Gasteiger charge is 2.40. The Kier molecular flexibility index (Phi) is 5.29. The van der Waals surface area contributed by atoms with Gasteiger partial charge in [0.05, 0.1) is 29.9 Å². The molecule has 0 unspecified atom stereocenters. The third-order valence-corrected chi connectivity index (χ3v) is 5.34. The summed E-state index contributed by atoms with van der Waals surface area (Å²) in [7, 11) is 1.17. The van der Waals surface area contributed by atoms with Gasteiger partial charge < -0.3 is 4.74 Å². The van der Waals surface area contributed by atoms with E-state index in [9.17, 15) is 22.8 Å². The Balaban J connectivity index is 1.99. The summed E-state index contributed by atoms with van der Waals surface area (Å²) in [5, 5.41) is 15.4. The Hall–Kier alpha value is -4.33. The van der Waals surface area contributed by atoms with Gasteiger partial charge in [-0.1, -0.05) is 18.2 Å². The van der Waals surface area contributed by atoms with Crippen LogP contribution in [0.2, 0.25) is 0 Å². The van der Waals surface area contributed by atoms with E-state index in [0.29, 0.717) is 11.1 Å². The van der Waals surface area contributed by atoms with E-state index >= 15 is 0 Å². The van der Waals surface area contributed by atoms with Gasteiger partial charge in [-0.2, -0.15) is 18.4 Å². The molecule has 8 nitrogen and oxygen atoms in total. The molecule has 1 atom stereocenters. The molecule has 2 aromatic carbocycles. The molecule has 11 heteroatoms. The van der Waals surface area contributed by atoms with Crippen LogP contribution in [-0.2, 0) is 15.7 Å². The van der Waals surface area contributed by atoms with Gasteiger partial charge in [-0.05, 0) is 42.8 Å². The first-order valence-corrected chi connectivity index (χ1v) is 9.60. The lowest BCUT2D eigenvalue weighted by Crippen LogP contribution is -2.37. The number of alkyl halides is 3. The van der Waals surface area contributed by atoms with E-state index in [4.69, 9.17) is 10.00 Å². The monoisotopic (exact) mass is 455 g/mol. The van der Waals surface area contributed by atoms with Crippen LogP contribution in [0.15, 0.2) is 64.6 Å². The maximum absolute atomic E-state index is 13.3. The van der Waals surface area contributed by atoms with Crippen LogP contribution in [-0.4, -0.2) is 27.8 Å². The van der Waals surface area contributed by atoms with Crippen molar-refractivity contribution in [3.8, 4) is 6.07 Å². The molecule has 4 rings (SSSR count). The fraction of sp³-hybridized carbons (Fsp3) is 0.182. The maximum Gasteiger partial charge on any atom is 0.416 e. The summed E-state index contributed by atoms with van der Waals surface area (Å²) in [6, 6.07) is 11.7. The first-order chi connectivity index (χ1) is 15.7. The summed E-state index contributed by atoms with van der Waals surface area (Å²) in [5.41, 5.74) is -0.376. The van der Waals surface area contributed by atoms with Crippen molar-refractivity contribution in [1.82, 2.24) is 14.8 Å². The first-order valence-electron chi connectivity index (χ1n) is 9.60. The van der Waals surface area contributed by atoms with Crippen LogP contribution in [0.4, 0.5) is 24.8 Å².